The lowest BCUT2D eigenvalue weighted by Crippen LogP contribution is -2.12. The molecule has 2 aromatic carbocycles. The Morgan fingerprint density at radius 3 is 2.26 bits per heavy atom. The summed E-state index contributed by atoms with van der Waals surface area (Å²) in [5.41, 5.74) is 4.41. The summed E-state index contributed by atoms with van der Waals surface area (Å²) in [7, 11) is 0. The van der Waals surface area contributed by atoms with Gasteiger partial charge in [-0.05, 0) is 80.4 Å². The van der Waals surface area contributed by atoms with E-state index in [1.807, 2.05) is 57.2 Å². The largest absolute Gasteiger partial charge is 0.494 e. The molecule has 0 aliphatic carbocycles. The van der Waals surface area contributed by atoms with E-state index in [1.54, 1.807) is 18.3 Å². The zero-order valence-electron chi connectivity index (χ0n) is 15.7. The zero-order valence-corrected chi connectivity index (χ0v) is 15.7. The number of nitrogens with zero attached hydrogens (tertiary/aromatic N) is 1. The number of aryl methyl sites for hydroxylation is 2. The van der Waals surface area contributed by atoms with E-state index in [-0.39, 0.29) is 5.91 Å². The number of anilines is 3. The Balaban J connectivity index is 1.64. The molecule has 1 amide bonds. The highest BCUT2D eigenvalue weighted by atomic mass is 16.5. The van der Waals surface area contributed by atoms with Crippen molar-refractivity contribution in [1.82, 2.24) is 4.98 Å². The fourth-order valence-electron chi connectivity index (χ4n) is 2.80. The molecular weight excluding hydrogens is 338 g/mol. The van der Waals surface area contributed by atoms with Crippen molar-refractivity contribution in [2.24, 2.45) is 0 Å². The third-order valence-electron chi connectivity index (χ3n) is 3.94. The monoisotopic (exact) mass is 361 g/mol. The maximum Gasteiger partial charge on any atom is 0.257 e. The van der Waals surface area contributed by atoms with Crippen molar-refractivity contribution in [3.8, 4) is 5.75 Å². The van der Waals surface area contributed by atoms with Gasteiger partial charge in [0, 0.05) is 17.6 Å². The Labute approximate surface area is 159 Å². The molecule has 0 spiro atoms. The Kier molecular flexibility index (Phi) is 5.71. The van der Waals surface area contributed by atoms with E-state index in [0.29, 0.717) is 18.0 Å². The lowest BCUT2D eigenvalue weighted by atomic mass is 10.1. The molecule has 0 aliphatic heterocycles. The van der Waals surface area contributed by atoms with E-state index in [1.165, 1.54) is 0 Å². The van der Waals surface area contributed by atoms with Gasteiger partial charge < -0.3 is 15.4 Å². The molecule has 0 unspecified atom stereocenters. The highest BCUT2D eigenvalue weighted by Crippen LogP contribution is 2.20. The van der Waals surface area contributed by atoms with E-state index in [9.17, 15) is 4.79 Å². The fourth-order valence-corrected chi connectivity index (χ4v) is 2.80. The summed E-state index contributed by atoms with van der Waals surface area (Å²) >= 11 is 0. The SMILES string of the molecule is CCOc1ccc(Nc2ccc(C(=O)Nc3cc(C)cc(C)c3)cn2)cc1. The van der Waals surface area contributed by atoms with Crippen LogP contribution in [0.3, 0.4) is 0 Å². The molecule has 1 aromatic heterocycles. The summed E-state index contributed by atoms with van der Waals surface area (Å²) in [6, 6.07) is 17.1. The number of carbonyl (C=O) groups excluding carboxylic acids is 1. The number of carbonyl (C=O) groups is 1. The Bertz CT molecular complexity index is 899. The van der Waals surface area contributed by atoms with E-state index < -0.39 is 0 Å². The number of nitrogens with one attached hydrogen (secondary N) is 2. The van der Waals surface area contributed by atoms with Crippen molar-refractivity contribution in [2.75, 3.05) is 17.2 Å². The first kappa shape index (κ1) is 18.5. The van der Waals surface area contributed by atoms with Crippen LogP contribution in [-0.2, 0) is 0 Å². The van der Waals surface area contributed by atoms with Crippen LogP contribution in [0.1, 0.15) is 28.4 Å². The molecule has 0 radical (unpaired) electrons. The topological polar surface area (TPSA) is 63.2 Å². The van der Waals surface area contributed by atoms with E-state index in [0.717, 1.165) is 28.3 Å². The maximum absolute atomic E-state index is 12.4. The van der Waals surface area contributed by atoms with Gasteiger partial charge in [0.05, 0.1) is 12.2 Å². The van der Waals surface area contributed by atoms with Crippen LogP contribution in [0.2, 0.25) is 0 Å². The molecule has 3 aromatic rings. The maximum atomic E-state index is 12.4. The van der Waals surface area contributed by atoms with Crippen molar-refractivity contribution in [1.29, 1.82) is 0 Å². The number of amides is 1. The van der Waals surface area contributed by atoms with Gasteiger partial charge in [0.2, 0.25) is 0 Å². The third-order valence-corrected chi connectivity index (χ3v) is 3.94. The summed E-state index contributed by atoms with van der Waals surface area (Å²) < 4.78 is 5.43. The van der Waals surface area contributed by atoms with Gasteiger partial charge in [-0.3, -0.25) is 4.79 Å². The second kappa shape index (κ2) is 8.36. The minimum Gasteiger partial charge on any atom is -0.494 e. The van der Waals surface area contributed by atoms with Crippen molar-refractivity contribution >= 4 is 23.1 Å². The lowest BCUT2D eigenvalue weighted by Gasteiger charge is -2.09. The molecule has 3 rings (SSSR count). The van der Waals surface area contributed by atoms with Crippen LogP contribution in [0, 0.1) is 13.8 Å². The van der Waals surface area contributed by atoms with Gasteiger partial charge in [0.1, 0.15) is 11.6 Å². The van der Waals surface area contributed by atoms with Crippen LogP contribution in [0.25, 0.3) is 0 Å². The molecule has 1 heterocycles. The molecular formula is C22H23N3O2. The smallest absolute Gasteiger partial charge is 0.257 e. The summed E-state index contributed by atoms with van der Waals surface area (Å²) in [4.78, 5) is 16.7. The minimum atomic E-state index is -0.180. The molecule has 138 valence electrons. The van der Waals surface area contributed by atoms with Gasteiger partial charge in [-0.2, -0.15) is 0 Å². The third kappa shape index (κ3) is 5.07. The number of pyridine rings is 1. The standard InChI is InChI=1S/C22H23N3O2/c1-4-27-20-8-6-18(7-9-20)24-21-10-5-17(14-23-21)22(26)25-19-12-15(2)11-16(3)13-19/h5-14H,4H2,1-3H3,(H,23,24)(H,25,26). The van der Waals surface area contributed by atoms with Crippen LogP contribution in [-0.4, -0.2) is 17.5 Å². The van der Waals surface area contributed by atoms with Crippen molar-refractivity contribution < 1.29 is 9.53 Å². The molecule has 27 heavy (non-hydrogen) atoms. The summed E-state index contributed by atoms with van der Waals surface area (Å²) in [6.07, 6.45) is 1.56. The molecule has 0 fully saturated rings. The van der Waals surface area contributed by atoms with Gasteiger partial charge in [0.15, 0.2) is 0 Å². The van der Waals surface area contributed by atoms with Gasteiger partial charge >= 0.3 is 0 Å². The van der Waals surface area contributed by atoms with Gasteiger partial charge in [-0.1, -0.05) is 6.07 Å². The van der Waals surface area contributed by atoms with Gasteiger partial charge in [0.25, 0.3) is 5.91 Å². The Hall–Kier alpha value is -3.34. The molecule has 0 aliphatic rings. The highest BCUT2D eigenvalue weighted by Gasteiger charge is 2.08. The van der Waals surface area contributed by atoms with Crippen molar-refractivity contribution in [3.63, 3.8) is 0 Å². The average Bonchev–Trinajstić information content (AvgIpc) is 2.63. The van der Waals surface area contributed by atoms with Crippen molar-refractivity contribution in [2.45, 2.75) is 20.8 Å². The first-order valence-electron chi connectivity index (χ1n) is 8.89. The summed E-state index contributed by atoms with van der Waals surface area (Å²) in [6.45, 7) is 6.60. The zero-order chi connectivity index (χ0) is 19.2. The Morgan fingerprint density at radius 1 is 0.963 bits per heavy atom. The van der Waals surface area contributed by atoms with E-state index in [2.05, 4.69) is 21.7 Å². The molecule has 0 saturated heterocycles. The Morgan fingerprint density at radius 2 is 1.67 bits per heavy atom. The summed E-state index contributed by atoms with van der Waals surface area (Å²) in [5, 5.41) is 6.12. The first-order chi connectivity index (χ1) is 13.0. The van der Waals surface area contributed by atoms with Crippen LogP contribution >= 0.6 is 0 Å². The number of hydrogen-bond acceptors (Lipinski definition) is 4. The van der Waals surface area contributed by atoms with Crippen LogP contribution in [0.15, 0.2) is 60.8 Å². The number of rotatable bonds is 6. The highest BCUT2D eigenvalue weighted by molar-refractivity contribution is 6.04. The van der Waals surface area contributed by atoms with Crippen LogP contribution in [0.5, 0.6) is 5.75 Å². The fraction of sp³-hybridized carbons (Fsp3) is 0.182. The quantitative estimate of drug-likeness (QED) is 0.642. The number of benzene rings is 2. The second-order valence-corrected chi connectivity index (χ2v) is 6.35. The molecule has 0 saturated carbocycles. The average molecular weight is 361 g/mol. The predicted molar refractivity (Wildman–Crippen MR) is 109 cm³/mol. The van der Waals surface area contributed by atoms with Crippen LogP contribution in [0.4, 0.5) is 17.2 Å². The van der Waals surface area contributed by atoms with E-state index >= 15 is 0 Å². The first-order valence-corrected chi connectivity index (χ1v) is 8.89. The van der Waals surface area contributed by atoms with Crippen molar-refractivity contribution in [3.05, 3.63) is 77.5 Å². The number of ether oxygens (including phenoxy) is 1. The lowest BCUT2D eigenvalue weighted by molar-refractivity contribution is 0.102. The van der Waals surface area contributed by atoms with Gasteiger partial charge in [-0.25, -0.2) is 4.98 Å². The van der Waals surface area contributed by atoms with Gasteiger partial charge in [-0.15, -0.1) is 0 Å². The molecule has 0 bridgehead atoms. The second-order valence-electron chi connectivity index (χ2n) is 6.35. The molecule has 5 nitrogen and oxygen atoms in total. The summed E-state index contributed by atoms with van der Waals surface area (Å²) in [5.74, 6) is 1.32. The minimum absolute atomic E-state index is 0.180. The van der Waals surface area contributed by atoms with Crippen LogP contribution < -0.4 is 15.4 Å². The van der Waals surface area contributed by atoms with E-state index in [4.69, 9.17) is 4.74 Å². The number of hydrogen-bond donors (Lipinski definition) is 2. The number of aromatic nitrogens is 1. The molecule has 2 N–H and O–H groups in total. The molecule has 5 heteroatoms. The predicted octanol–water partition coefficient (Wildman–Crippen LogP) is 5.09. The normalized spacial score (nSPS) is 10.3. The molecule has 0 atom stereocenters.